The zero-order valence-corrected chi connectivity index (χ0v) is 4.75. The molecule has 48 valence electrons. The molecule has 0 heterocycles. The second-order valence-corrected chi connectivity index (χ2v) is 1.70. The standard InChI is InChI=1S/C5H9F2N/c1-4(3-8)5(2,6)7/h1,3,8H2,2H3. The van der Waals surface area contributed by atoms with Crippen LogP contribution in [0.4, 0.5) is 8.78 Å². The summed E-state index contributed by atoms with van der Waals surface area (Å²) in [6, 6.07) is 0. The molecule has 0 aliphatic carbocycles. The van der Waals surface area contributed by atoms with Crippen LogP contribution >= 0.6 is 0 Å². The van der Waals surface area contributed by atoms with Gasteiger partial charge in [0.25, 0.3) is 5.92 Å². The van der Waals surface area contributed by atoms with Crippen LogP contribution in [0.5, 0.6) is 0 Å². The molecule has 0 bridgehead atoms. The molecule has 0 aliphatic rings. The largest absolute Gasteiger partial charge is 0.327 e. The molecule has 0 rings (SSSR count). The van der Waals surface area contributed by atoms with Gasteiger partial charge in [-0.25, -0.2) is 8.78 Å². The van der Waals surface area contributed by atoms with Gasteiger partial charge in [0.2, 0.25) is 0 Å². The second-order valence-electron chi connectivity index (χ2n) is 1.70. The Bertz CT molecular complexity index is 93.1. The van der Waals surface area contributed by atoms with Crippen molar-refractivity contribution in [2.45, 2.75) is 12.8 Å². The lowest BCUT2D eigenvalue weighted by molar-refractivity contribution is 0.0627. The van der Waals surface area contributed by atoms with Gasteiger partial charge in [0.1, 0.15) is 0 Å². The Kier molecular flexibility index (Phi) is 2.10. The van der Waals surface area contributed by atoms with E-state index in [4.69, 9.17) is 5.73 Å². The maximum absolute atomic E-state index is 11.9. The monoisotopic (exact) mass is 121 g/mol. The number of hydrogen-bond donors (Lipinski definition) is 1. The third-order valence-corrected chi connectivity index (χ3v) is 0.867. The Morgan fingerprint density at radius 1 is 1.75 bits per heavy atom. The van der Waals surface area contributed by atoms with Crippen LogP contribution in [0, 0.1) is 0 Å². The van der Waals surface area contributed by atoms with Crippen LogP contribution in [0.15, 0.2) is 12.2 Å². The highest BCUT2D eigenvalue weighted by Gasteiger charge is 2.23. The van der Waals surface area contributed by atoms with Gasteiger partial charge in [-0.1, -0.05) is 6.58 Å². The maximum atomic E-state index is 11.9. The van der Waals surface area contributed by atoms with E-state index in [2.05, 4.69) is 6.58 Å². The van der Waals surface area contributed by atoms with E-state index in [9.17, 15) is 8.78 Å². The number of alkyl halides is 2. The first-order chi connectivity index (χ1) is 3.48. The lowest BCUT2D eigenvalue weighted by atomic mass is 10.2. The third kappa shape index (κ3) is 2.02. The van der Waals surface area contributed by atoms with Crippen molar-refractivity contribution in [2.75, 3.05) is 6.54 Å². The molecule has 0 spiro atoms. The molecule has 0 aromatic carbocycles. The quantitative estimate of drug-likeness (QED) is 0.545. The molecular weight excluding hydrogens is 112 g/mol. The first kappa shape index (κ1) is 7.56. The lowest BCUT2D eigenvalue weighted by Crippen LogP contribution is -2.19. The van der Waals surface area contributed by atoms with Gasteiger partial charge < -0.3 is 5.73 Å². The summed E-state index contributed by atoms with van der Waals surface area (Å²) < 4.78 is 23.9. The Labute approximate surface area is 47.2 Å². The Morgan fingerprint density at radius 2 is 2.12 bits per heavy atom. The number of hydrogen-bond acceptors (Lipinski definition) is 1. The van der Waals surface area contributed by atoms with Gasteiger partial charge in [0.15, 0.2) is 0 Å². The van der Waals surface area contributed by atoms with Gasteiger partial charge >= 0.3 is 0 Å². The van der Waals surface area contributed by atoms with Crippen molar-refractivity contribution in [1.29, 1.82) is 0 Å². The normalized spacial score (nSPS) is 11.5. The van der Waals surface area contributed by atoms with Gasteiger partial charge in [-0.05, 0) is 0 Å². The molecule has 0 unspecified atom stereocenters. The number of rotatable bonds is 2. The zero-order chi connectivity index (χ0) is 6.78. The fraction of sp³-hybridized carbons (Fsp3) is 0.600. The second kappa shape index (κ2) is 2.22. The molecule has 0 aromatic heterocycles. The van der Waals surface area contributed by atoms with E-state index in [-0.39, 0.29) is 12.1 Å². The van der Waals surface area contributed by atoms with Crippen LogP contribution in [0.1, 0.15) is 6.92 Å². The minimum absolute atomic E-state index is 0.149. The third-order valence-electron chi connectivity index (χ3n) is 0.867. The van der Waals surface area contributed by atoms with Gasteiger partial charge in [-0.15, -0.1) is 0 Å². The summed E-state index contributed by atoms with van der Waals surface area (Å²) in [4.78, 5) is 0. The van der Waals surface area contributed by atoms with Crippen molar-refractivity contribution >= 4 is 0 Å². The van der Waals surface area contributed by atoms with Gasteiger partial charge in [-0.3, -0.25) is 0 Å². The summed E-state index contributed by atoms with van der Waals surface area (Å²) in [7, 11) is 0. The molecule has 8 heavy (non-hydrogen) atoms. The highest BCUT2D eigenvalue weighted by molar-refractivity contribution is 5.06. The Morgan fingerprint density at radius 3 is 2.12 bits per heavy atom. The maximum Gasteiger partial charge on any atom is 0.267 e. The van der Waals surface area contributed by atoms with Gasteiger partial charge in [0, 0.05) is 19.0 Å². The van der Waals surface area contributed by atoms with Crippen LogP contribution in [0.3, 0.4) is 0 Å². The SMILES string of the molecule is C=C(CN)C(C)(F)F. The molecule has 3 heteroatoms. The summed E-state index contributed by atoms with van der Waals surface area (Å²) in [5.74, 6) is -2.81. The fourth-order valence-electron chi connectivity index (χ4n) is 0.179. The van der Waals surface area contributed by atoms with Crippen molar-refractivity contribution in [3.8, 4) is 0 Å². The predicted octanol–water partition coefficient (Wildman–Crippen LogP) is 1.16. The van der Waals surface area contributed by atoms with Crippen molar-refractivity contribution in [3.05, 3.63) is 12.2 Å². The molecule has 0 saturated heterocycles. The van der Waals surface area contributed by atoms with Crippen LogP contribution in [0.2, 0.25) is 0 Å². The van der Waals surface area contributed by atoms with E-state index in [0.717, 1.165) is 6.92 Å². The van der Waals surface area contributed by atoms with E-state index in [1.807, 2.05) is 0 Å². The van der Waals surface area contributed by atoms with Crippen molar-refractivity contribution < 1.29 is 8.78 Å². The van der Waals surface area contributed by atoms with E-state index >= 15 is 0 Å². The van der Waals surface area contributed by atoms with E-state index in [1.165, 1.54) is 0 Å². The molecule has 0 amide bonds. The summed E-state index contributed by atoms with van der Waals surface area (Å²) in [5.41, 5.74) is 4.65. The molecule has 2 N–H and O–H groups in total. The highest BCUT2D eigenvalue weighted by Crippen LogP contribution is 2.19. The van der Waals surface area contributed by atoms with Crippen molar-refractivity contribution in [1.82, 2.24) is 0 Å². The topological polar surface area (TPSA) is 26.0 Å². The Hall–Kier alpha value is -0.440. The van der Waals surface area contributed by atoms with Crippen LogP contribution in [-0.4, -0.2) is 12.5 Å². The first-order valence-corrected chi connectivity index (χ1v) is 2.24. The number of halogens is 2. The number of nitrogens with two attached hydrogens (primary N) is 1. The summed E-state index contributed by atoms with van der Waals surface area (Å²) in [6.45, 7) is 3.70. The Balaban J connectivity index is 3.82. The molecule has 0 atom stereocenters. The molecule has 0 fully saturated rings. The first-order valence-electron chi connectivity index (χ1n) is 2.24. The van der Waals surface area contributed by atoms with E-state index in [1.54, 1.807) is 0 Å². The van der Waals surface area contributed by atoms with Gasteiger partial charge in [0.05, 0.1) is 0 Å². The highest BCUT2D eigenvalue weighted by atomic mass is 19.3. The minimum Gasteiger partial charge on any atom is -0.327 e. The van der Waals surface area contributed by atoms with E-state index in [0.29, 0.717) is 0 Å². The summed E-state index contributed by atoms with van der Waals surface area (Å²) >= 11 is 0. The molecule has 0 aliphatic heterocycles. The average Bonchev–Trinajstić information content (AvgIpc) is 1.62. The average molecular weight is 121 g/mol. The van der Waals surface area contributed by atoms with Gasteiger partial charge in [-0.2, -0.15) is 0 Å². The van der Waals surface area contributed by atoms with Crippen LogP contribution < -0.4 is 5.73 Å². The fourth-order valence-corrected chi connectivity index (χ4v) is 0.179. The zero-order valence-electron chi connectivity index (χ0n) is 4.75. The molecule has 1 nitrogen and oxygen atoms in total. The van der Waals surface area contributed by atoms with Crippen LogP contribution in [0.25, 0.3) is 0 Å². The lowest BCUT2D eigenvalue weighted by Gasteiger charge is -2.09. The predicted molar refractivity (Wildman–Crippen MR) is 28.8 cm³/mol. The molecule has 0 aromatic rings. The van der Waals surface area contributed by atoms with E-state index < -0.39 is 5.92 Å². The molecule has 0 saturated carbocycles. The van der Waals surface area contributed by atoms with Crippen LogP contribution in [-0.2, 0) is 0 Å². The van der Waals surface area contributed by atoms with Crippen molar-refractivity contribution in [3.63, 3.8) is 0 Å². The minimum atomic E-state index is -2.81. The summed E-state index contributed by atoms with van der Waals surface area (Å²) in [5, 5.41) is 0. The summed E-state index contributed by atoms with van der Waals surface area (Å²) in [6.07, 6.45) is 0. The molecule has 0 radical (unpaired) electrons. The molecular formula is C5H9F2N. The smallest absolute Gasteiger partial charge is 0.267 e. The van der Waals surface area contributed by atoms with Crippen molar-refractivity contribution in [2.24, 2.45) is 5.73 Å².